The molecule has 0 atom stereocenters. The van der Waals surface area contributed by atoms with E-state index in [1.165, 1.54) is 13.2 Å². The van der Waals surface area contributed by atoms with Crippen LogP contribution in [0.15, 0.2) is 33.5 Å². The second-order valence-electron chi connectivity index (χ2n) is 4.44. The van der Waals surface area contributed by atoms with Crippen LogP contribution >= 0.6 is 28.1 Å². The predicted octanol–water partition coefficient (Wildman–Crippen LogP) is 2.92. The Bertz CT molecular complexity index is 857. The van der Waals surface area contributed by atoms with Gasteiger partial charge in [0, 0.05) is 6.07 Å². The summed E-state index contributed by atoms with van der Waals surface area (Å²) in [6, 6.07) is 6.56. The summed E-state index contributed by atoms with van der Waals surface area (Å²) >= 11 is 8.31. The predicted molar refractivity (Wildman–Crippen MR) is 92.8 cm³/mol. The zero-order valence-electron chi connectivity index (χ0n) is 12.3. The average Bonchev–Trinajstić information content (AvgIpc) is 2.51. The number of rotatable bonds is 4. The highest BCUT2D eigenvalue weighted by atomic mass is 79.9. The van der Waals surface area contributed by atoms with Crippen molar-refractivity contribution in [1.82, 2.24) is 9.97 Å². The Morgan fingerprint density at radius 2 is 2.00 bits per heavy atom. The number of nitrogens with one attached hydrogen (secondary N) is 2. The second-order valence-corrected chi connectivity index (χ2v) is 5.71. The van der Waals surface area contributed by atoms with E-state index in [-0.39, 0.29) is 16.0 Å². The van der Waals surface area contributed by atoms with E-state index < -0.39 is 11.5 Å². The van der Waals surface area contributed by atoms with Crippen molar-refractivity contribution in [2.24, 2.45) is 0 Å². The molecule has 0 bridgehead atoms. The number of hydrogen-bond acceptors (Lipinski definition) is 5. The molecule has 0 saturated heterocycles. The van der Waals surface area contributed by atoms with Gasteiger partial charge in [-0.3, -0.25) is 9.78 Å². The van der Waals surface area contributed by atoms with E-state index in [2.05, 4.69) is 25.9 Å². The molecule has 1 aromatic heterocycles. The maximum atomic E-state index is 12.1. The molecule has 1 aromatic carbocycles. The molecule has 2 N–H and O–H groups in total. The van der Waals surface area contributed by atoms with Gasteiger partial charge in [0.05, 0.1) is 30.0 Å². The van der Waals surface area contributed by atoms with E-state index in [0.717, 1.165) is 10.0 Å². The summed E-state index contributed by atoms with van der Waals surface area (Å²) in [5.41, 5.74) is 0.770. The molecule has 2 aromatic rings. The molecule has 2 rings (SSSR count). The van der Waals surface area contributed by atoms with Crippen molar-refractivity contribution < 1.29 is 14.3 Å². The molecule has 6 nitrogen and oxygen atoms in total. The summed E-state index contributed by atoms with van der Waals surface area (Å²) in [6.45, 7) is 0. The second kappa shape index (κ2) is 7.38. The molecular weight excluding hydrogens is 384 g/mol. The first-order valence-electron chi connectivity index (χ1n) is 6.42. The molecule has 0 radical (unpaired) electrons. The quantitative estimate of drug-likeness (QED) is 0.471. The zero-order valence-corrected chi connectivity index (χ0v) is 14.7. The van der Waals surface area contributed by atoms with Crippen LogP contribution in [0.25, 0.3) is 11.6 Å². The number of carbonyl (C=O) groups excluding carboxylic acids is 1. The fourth-order valence-electron chi connectivity index (χ4n) is 1.91. The summed E-state index contributed by atoms with van der Waals surface area (Å²) < 4.78 is 10.8. The van der Waals surface area contributed by atoms with Crippen LogP contribution < -0.4 is 10.3 Å². The van der Waals surface area contributed by atoms with E-state index in [1.807, 2.05) is 0 Å². The van der Waals surface area contributed by atoms with Gasteiger partial charge in [0.25, 0.3) is 5.56 Å². The summed E-state index contributed by atoms with van der Waals surface area (Å²) in [5, 5.41) is 0. The van der Waals surface area contributed by atoms with E-state index in [0.29, 0.717) is 5.75 Å². The van der Waals surface area contributed by atoms with Crippen LogP contribution in [0.2, 0.25) is 0 Å². The van der Waals surface area contributed by atoms with Crippen LogP contribution in [0, 0.1) is 4.77 Å². The fourth-order valence-corrected chi connectivity index (χ4v) is 2.68. The maximum Gasteiger partial charge on any atom is 0.339 e. The summed E-state index contributed by atoms with van der Waals surface area (Å²) in [7, 11) is 2.83. The zero-order chi connectivity index (χ0) is 17.0. The first-order chi connectivity index (χ1) is 10.9. The number of esters is 1. The van der Waals surface area contributed by atoms with E-state index in [9.17, 15) is 9.59 Å². The van der Waals surface area contributed by atoms with Crippen molar-refractivity contribution in [1.29, 1.82) is 0 Å². The number of halogens is 1. The maximum absolute atomic E-state index is 12.1. The van der Waals surface area contributed by atoms with Gasteiger partial charge >= 0.3 is 5.97 Å². The van der Waals surface area contributed by atoms with Gasteiger partial charge in [-0.1, -0.05) is 6.07 Å². The van der Waals surface area contributed by atoms with E-state index in [4.69, 9.17) is 21.7 Å². The van der Waals surface area contributed by atoms with Crippen LogP contribution in [-0.2, 0) is 9.53 Å². The van der Waals surface area contributed by atoms with Gasteiger partial charge in [-0.2, -0.15) is 0 Å². The van der Waals surface area contributed by atoms with Gasteiger partial charge in [-0.05, 0) is 51.9 Å². The van der Waals surface area contributed by atoms with Crippen LogP contribution in [0.3, 0.4) is 0 Å². The number of aromatic amines is 2. The lowest BCUT2D eigenvalue weighted by Crippen LogP contribution is -2.12. The number of methoxy groups -OCH3 is 2. The Morgan fingerprint density at radius 3 is 2.57 bits per heavy atom. The summed E-state index contributed by atoms with van der Waals surface area (Å²) in [4.78, 5) is 28.8. The number of carbonyl (C=O) groups is 1. The van der Waals surface area contributed by atoms with Crippen LogP contribution in [-0.4, -0.2) is 30.2 Å². The number of benzene rings is 1. The Labute approximate surface area is 145 Å². The van der Waals surface area contributed by atoms with Gasteiger partial charge < -0.3 is 14.5 Å². The van der Waals surface area contributed by atoms with Gasteiger partial charge in [-0.25, -0.2) is 4.79 Å². The third kappa shape index (κ3) is 4.17. The molecule has 120 valence electrons. The van der Waals surface area contributed by atoms with Crippen molar-refractivity contribution in [3.8, 4) is 5.75 Å². The fraction of sp³-hybridized carbons (Fsp3) is 0.133. The lowest BCUT2D eigenvalue weighted by molar-refractivity contribution is -0.133. The van der Waals surface area contributed by atoms with Crippen LogP contribution in [0.4, 0.5) is 0 Å². The molecule has 0 saturated carbocycles. The normalized spacial score (nSPS) is 11.2. The first-order valence-corrected chi connectivity index (χ1v) is 7.62. The lowest BCUT2D eigenvalue weighted by atomic mass is 10.1. The number of ether oxygens (including phenoxy) is 2. The van der Waals surface area contributed by atoms with Gasteiger partial charge in [0.2, 0.25) is 0 Å². The topological polar surface area (TPSA) is 84.2 Å². The average molecular weight is 397 g/mol. The molecule has 0 spiro atoms. The van der Waals surface area contributed by atoms with Crippen molar-refractivity contribution in [3.63, 3.8) is 0 Å². The smallest absolute Gasteiger partial charge is 0.339 e. The molecule has 23 heavy (non-hydrogen) atoms. The van der Waals surface area contributed by atoms with Gasteiger partial charge in [-0.15, -0.1) is 0 Å². The minimum absolute atomic E-state index is 0.123. The number of H-pyrrole nitrogens is 2. The molecule has 0 aliphatic carbocycles. The molecule has 0 unspecified atom stereocenters. The van der Waals surface area contributed by atoms with Crippen molar-refractivity contribution in [2.75, 3.05) is 14.2 Å². The molecule has 8 heteroatoms. The van der Waals surface area contributed by atoms with E-state index >= 15 is 0 Å². The van der Waals surface area contributed by atoms with Crippen molar-refractivity contribution >= 4 is 45.8 Å². The molecule has 0 amide bonds. The van der Waals surface area contributed by atoms with Crippen LogP contribution in [0.5, 0.6) is 5.75 Å². The largest absolute Gasteiger partial charge is 0.496 e. The number of hydrogen-bond donors (Lipinski definition) is 2. The molecule has 0 aliphatic rings. The minimum Gasteiger partial charge on any atom is -0.496 e. The Hall–Kier alpha value is -2.19. The third-order valence-corrected chi connectivity index (χ3v) is 3.77. The minimum atomic E-state index is -0.590. The van der Waals surface area contributed by atoms with Gasteiger partial charge in [0.1, 0.15) is 5.75 Å². The molecule has 1 heterocycles. The number of aromatic nitrogens is 2. The van der Waals surface area contributed by atoms with E-state index in [1.54, 1.807) is 31.4 Å². The monoisotopic (exact) mass is 396 g/mol. The highest BCUT2D eigenvalue weighted by Gasteiger charge is 2.14. The summed E-state index contributed by atoms with van der Waals surface area (Å²) in [6.07, 6.45) is 1.59. The summed E-state index contributed by atoms with van der Waals surface area (Å²) in [5.74, 6) is 0.0746. The van der Waals surface area contributed by atoms with Crippen LogP contribution in [0.1, 0.15) is 11.3 Å². The van der Waals surface area contributed by atoms with Crippen molar-refractivity contribution in [2.45, 2.75) is 0 Å². The van der Waals surface area contributed by atoms with Crippen molar-refractivity contribution in [3.05, 3.63) is 55.1 Å². The highest BCUT2D eigenvalue weighted by Crippen LogP contribution is 2.27. The van der Waals surface area contributed by atoms with Gasteiger partial charge in [0.15, 0.2) is 4.77 Å². The lowest BCUT2D eigenvalue weighted by Gasteiger charge is -2.07. The Balaban J connectivity index is 2.59. The first kappa shape index (κ1) is 17.2. The third-order valence-electron chi connectivity index (χ3n) is 2.94. The standard InChI is InChI=1S/C15H13BrN2O4S/c1-21-12-4-3-8(6-10(12)16)5-9(14(20)22-2)11-7-13(19)18-15(23)17-11/h3-7H,1-2H3,(H2,17,18,19,23)/b9-5-. The highest BCUT2D eigenvalue weighted by molar-refractivity contribution is 9.10. The molecular formula is C15H13BrN2O4S. The Morgan fingerprint density at radius 1 is 1.26 bits per heavy atom. The SMILES string of the molecule is COC(=O)/C(=C\c1ccc(OC)c(Br)c1)c1cc(=O)[nH]c(=S)[nH]1. The molecule has 0 fully saturated rings. The molecule has 0 aliphatic heterocycles. The Kier molecular flexibility index (Phi) is 5.51.